The van der Waals surface area contributed by atoms with Gasteiger partial charge in [0.25, 0.3) is 0 Å². The van der Waals surface area contributed by atoms with Crippen LogP contribution in [-0.2, 0) is 4.79 Å². The average molecular weight is 296 g/mol. The highest BCUT2D eigenvalue weighted by Gasteiger charge is 2.27. The molecule has 0 aromatic carbocycles. The molecule has 2 atom stereocenters. The highest BCUT2D eigenvalue weighted by atomic mass is 16.2. The quantitative estimate of drug-likeness (QED) is 0.606. The number of amides is 3. The van der Waals surface area contributed by atoms with Crippen molar-refractivity contribution in [2.75, 3.05) is 13.1 Å². The molecule has 2 aliphatic carbocycles. The Bertz CT molecular complexity index is 356. The standard InChI is InChI=1S/C15H28N4O2/c16-9-11-5-4-8-13(11)19-14(20)10-17-15(21)18-12-6-2-1-3-7-12/h11-13H,1-10,16H2,(H,19,20)(H2,17,18,21). The lowest BCUT2D eigenvalue weighted by molar-refractivity contribution is -0.121. The van der Waals surface area contributed by atoms with Crippen LogP contribution < -0.4 is 21.7 Å². The van der Waals surface area contributed by atoms with Crippen LogP contribution in [0.2, 0.25) is 0 Å². The zero-order valence-electron chi connectivity index (χ0n) is 12.7. The second kappa shape index (κ2) is 8.22. The number of carbonyl (C=O) groups excluding carboxylic acids is 2. The fraction of sp³-hybridized carbons (Fsp3) is 0.867. The number of urea groups is 1. The van der Waals surface area contributed by atoms with E-state index in [4.69, 9.17) is 5.73 Å². The predicted octanol–water partition coefficient (Wildman–Crippen LogP) is 0.862. The molecular formula is C15H28N4O2. The molecule has 2 aliphatic rings. The molecule has 2 unspecified atom stereocenters. The van der Waals surface area contributed by atoms with Crippen LogP contribution in [0.4, 0.5) is 4.79 Å². The summed E-state index contributed by atoms with van der Waals surface area (Å²) in [7, 11) is 0. The van der Waals surface area contributed by atoms with Crippen molar-refractivity contribution in [2.45, 2.75) is 63.5 Å². The van der Waals surface area contributed by atoms with Gasteiger partial charge in [-0.25, -0.2) is 4.79 Å². The van der Waals surface area contributed by atoms with Crippen LogP contribution in [0.25, 0.3) is 0 Å². The molecule has 2 fully saturated rings. The van der Waals surface area contributed by atoms with Crippen molar-refractivity contribution in [1.82, 2.24) is 16.0 Å². The van der Waals surface area contributed by atoms with Gasteiger partial charge in [0, 0.05) is 12.1 Å². The predicted molar refractivity (Wildman–Crippen MR) is 81.7 cm³/mol. The van der Waals surface area contributed by atoms with Crippen LogP contribution >= 0.6 is 0 Å². The summed E-state index contributed by atoms with van der Waals surface area (Å²) < 4.78 is 0. The van der Waals surface area contributed by atoms with E-state index in [9.17, 15) is 9.59 Å². The third-order valence-corrected chi connectivity index (χ3v) is 4.66. The van der Waals surface area contributed by atoms with Crippen molar-refractivity contribution in [3.8, 4) is 0 Å². The summed E-state index contributed by atoms with van der Waals surface area (Å²) in [5, 5.41) is 8.56. The maximum absolute atomic E-state index is 11.9. The van der Waals surface area contributed by atoms with E-state index in [1.807, 2.05) is 0 Å². The Morgan fingerprint density at radius 3 is 2.43 bits per heavy atom. The number of carbonyl (C=O) groups is 2. The first-order valence-electron chi connectivity index (χ1n) is 8.23. The molecule has 21 heavy (non-hydrogen) atoms. The molecular weight excluding hydrogens is 268 g/mol. The molecule has 6 nitrogen and oxygen atoms in total. The van der Waals surface area contributed by atoms with E-state index >= 15 is 0 Å². The summed E-state index contributed by atoms with van der Waals surface area (Å²) in [6.07, 6.45) is 8.87. The Morgan fingerprint density at radius 1 is 0.952 bits per heavy atom. The van der Waals surface area contributed by atoms with E-state index in [-0.39, 0.29) is 30.6 Å². The smallest absolute Gasteiger partial charge is 0.315 e. The van der Waals surface area contributed by atoms with Crippen molar-refractivity contribution >= 4 is 11.9 Å². The maximum atomic E-state index is 11.9. The largest absolute Gasteiger partial charge is 0.352 e. The first-order valence-corrected chi connectivity index (χ1v) is 8.23. The Morgan fingerprint density at radius 2 is 1.71 bits per heavy atom. The summed E-state index contributed by atoms with van der Waals surface area (Å²) >= 11 is 0. The molecule has 0 spiro atoms. The molecule has 6 heteroatoms. The Kier molecular flexibility index (Phi) is 6.29. The molecule has 0 radical (unpaired) electrons. The zero-order valence-corrected chi connectivity index (χ0v) is 12.7. The van der Waals surface area contributed by atoms with Gasteiger partial charge in [0.2, 0.25) is 5.91 Å². The molecule has 0 aromatic rings. The average Bonchev–Trinajstić information content (AvgIpc) is 2.93. The van der Waals surface area contributed by atoms with Gasteiger partial charge in [0.1, 0.15) is 0 Å². The molecule has 0 aromatic heterocycles. The topological polar surface area (TPSA) is 96.2 Å². The van der Waals surface area contributed by atoms with E-state index in [1.165, 1.54) is 19.3 Å². The highest BCUT2D eigenvalue weighted by Crippen LogP contribution is 2.24. The molecule has 0 heterocycles. The zero-order chi connectivity index (χ0) is 15.1. The number of nitrogens with one attached hydrogen (secondary N) is 3. The summed E-state index contributed by atoms with van der Waals surface area (Å²) in [6.45, 7) is 0.646. The number of nitrogens with two attached hydrogens (primary N) is 1. The van der Waals surface area contributed by atoms with Gasteiger partial charge in [-0.3, -0.25) is 4.79 Å². The minimum Gasteiger partial charge on any atom is -0.352 e. The summed E-state index contributed by atoms with van der Waals surface area (Å²) in [6, 6.07) is 0.197. The third kappa shape index (κ3) is 5.19. The molecule has 0 saturated heterocycles. The van der Waals surface area contributed by atoms with Gasteiger partial charge < -0.3 is 21.7 Å². The van der Waals surface area contributed by atoms with Crippen molar-refractivity contribution in [3.63, 3.8) is 0 Å². The number of hydrogen-bond donors (Lipinski definition) is 4. The molecule has 5 N–H and O–H groups in total. The van der Waals surface area contributed by atoms with Crippen LogP contribution in [0.5, 0.6) is 0 Å². The van der Waals surface area contributed by atoms with Crippen molar-refractivity contribution in [1.29, 1.82) is 0 Å². The van der Waals surface area contributed by atoms with Gasteiger partial charge in [0.05, 0.1) is 6.54 Å². The first kappa shape index (κ1) is 16.1. The minimum atomic E-state index is -0.237. The molecule has 2 saturated carbocycles. The minimum absolute atomic E-state index is 0.0341. The lowest BCUT2D eigenvalue weighted by Gasteiger charge is -2.23. The van der Waals surface area contributed by atoms with Gasteiger partial charge in [-0.15, -0.1) is 0 Å². The van der Waals surface area contributed by atoms with E-state index in [2.05, 4.69) is 16.0 Å². The van der Waals surface area contributed by atoms with Gasteiger partial charge >= 0.3 is 6.03 Å². The lowest BCUT2D eigenvalue weighted by atomic mass is 9.96. The summed E-state index contributed by atoms with van der Waals surface area (Å²) in [4.78, 5) is 23.6. The van der Waals surface area contributed by atoms with Crippen LogP contribution in [0, 0.1) is 5.92 Å². The molecule has 0 aliphatic heterocycles. The SMILES string of the molecule is NCC1CCCC1NC(=O)CNC(=O)NC1CCCCC1. The van der Waals surface area contributed by atoms with E-state index in [0.29, 0.717) is 12.5 Å². The Labute approximate surface area is 126 Å². The van der Waals surface area contributed by atoms with Crippen LogP contribution in [-0.4, -0.2) is 37.1 Å². The maximum Gasteiger partial charge on any atom is 0.315 e. The van der Waals surface area contributed by atoms with Crippen LogP contribution in [0.15, 0.2) is 0 Å². The van der Waals surface area contributed by atoms with E-state index < -0.39 is 0 Å². The lowest BCUT2D eigenvalue weighted by Crippen LogP contribution is -2.48. The van der Waals surface area contributed by atoms with Gasteiger partial charge in [0.15, 0.2) is 0 Å². The van der Waals surface area contributed by atoms with Gasteiger partial charge in [-0.05, 0) is 38.1 Å². The van der Waals surface area contributed by atoms with E-state index in [0.717, 1.165) is 32.1 Å². The first-order chi connectivity index (χ1) is 10.2. The second-order valence-corrected chi connectivity index (χ2v) is 6.26. The van der Waals surface area contributed by atoms with Crippen molar-refractivity contribution < 1.29 is 9.59 Å². The normalized spacial score (nSPS) is 26.3. The molecule has 2 rings (SSSR count). The van der Waals surface area contributed by atoms with Crippen LogP contribution in [0.3, 0.4) is 0 Å². The summed E-state index contributed by atoms with van der Waals surface area (Å²) in [5.74, 6) is 0.254. The Hall–Kier alpha value is -1.30. The van der Waals surface area contributed by atoms with Crippen molar-refractivity contribution in [3.05, 3.63) is 0 Å². The molecule has 0 bridgehead atoms. The highest BCUT2D eigenvalue weighted by molar-refractivity contribution is 5.84. The van der Waals surface area contributed by atoms with Gasteiger partial charge in [-0.2, -0.15) is 0 Å². The molecule has 3 amide bonds. The fourth-order valence-electron chi connectivity index (χ4n) is 3.41. The van der Waals surface area contributed by atoms with Gasteiger partial charge in [-0.1, -0.05) is 25.7 Å². The van der Waals surface area contributed by atoms with E-state index in [1.54, 1.807) is 0 Å². The van der Waals surface area contributed by atoms with Crippen molar-refractivity contribution in [2.24, 2.45) is 11.7 Å². The number of rotatable bonds is 5. The summed E-state index contributed by atoms with van der Waals surface area (Å²) in [5.41, 5.74) is 5.70. The van der Waals surface area contributed by atoms with Crippen LogP contribution in [0.1, 0.15) is 51.4 Å². The third-order valence-electron chi connectivity index (χ3n) is 4.66. The Balaban J connectivity index is 1.62. The number of hydrogen-bond acceptors (Lipinski definition) is 3. The monoisotopic (exact) mass is 296 g/mol. The second-order valence-electron chi connectivity index (χ2n) is 6.26. The fourth-order valence-corrected chi connectivity index (χ4v) is 3.41. The molecule has 120 valence electrons.